The van der Waals surface area contributed by atoms with Gasteiger partial charge in [0.25, 0.3) is 0 Å². The molecule has 0 N–H and O–H groups in total. The zero-order chi connectivity index (χ0) is 14.5. The number of nitrogens with zero attached hydrogens (tertiary/aromatic N) is 1. The molecule has 0 saturated carbocycles. The van der Waals surface area contributed by atoms with Gasteiger partial charge in [0.05, 0.1) is 0 Å². The maximum Gasteiger partial charge on any atom is 0.0351 e. The first kappa shape index (κ1) is 15.2. The fraction of sp³-hybridized carbons (Fsp3) is 0.429. The Morgan fingerprint density at radius 1 is 0.826 bits per heavy atom. The van der Waals surface area contributed by atoms with Crippen LogP contribution in [0.2, 0.25) is 0 Å². The number of aryl methyl sites for hydroxylation is 2. The quantitative estimate of drug-likeness (QED) is 0.667. The molecule has 0 aromatic heterocycles. The molecule has 0 bridgehead atoms. The van der Waals surface area contributed by atoms with E-state index in [4.69, 9.17) is 0 Å². The maximum absolute atomic E-state index is 2.77. The van der Waals surface area contributed by atoms with E-state index in [1.54, 1.807) is 27.8 Å². The number of fused-ring (bicyclic) bond motifs is 4. The van der Waals surface area contributed by atoms with Gasteiger partial charge in [0.1, 0.15) is 0 Å². The monoisotopic (exact) mass is 325 g/mol. The summed E-state index contributed by atoms with van der Waals surface area (Å²) in [5.74, 6) is 0.597. The summed E-state index contributed by atoms with van der Waals surface area (Å²) in [6.07, 6.45) is 6.54. The Bertz CT molecular complexity index is 724. The van der Waals surface area contributed by atoms with E-state index in [9.17, 15) is 0 Å². The average molecular weight is 326 g/mol. The van der Waals surface area contributed by atoms with Gasteiger partial charge in [-0.3, -0.25) is 4.90 Å². The highest BCUT2D eigenvalue weighted by Gasteiger charge is 2.37. The summed E-state index contributed by atoms with van der Waals surface area (Å²) in [5, 5.41) is 0. The molecular weight excluding hydrogens is 302 g/mol. The van der Waals surface area contributed by atoms with Crippen molar-refractivity contribution in [2.75, 3.05) is 13.1 Å². The van der Waals surface area contributed by atoms with E-state index in [2.05, 4.69) is 47.4 Å². The summed E-state index contributed by atoms with van der Waals surface area (Å²) in [6.45, 7) is 2.51. The minimum Gasteiger partial charge on any atom is -0.295 e. The van der Waals surface area contributed by atoms with Crippen LogP contribution in [-0.2, 0) is 12.8 Å². The normalized spacial score (nSPS) is 25.4. The Kier molecular flexibility index (Phi) is 3.95. The Morgan fingerprint density at radius 3 is 2.57 bits per heavy atom. The van der Waals surface area contributed by atoms with Gasteiger partial charge in [0.2, 0.25) is 0 Å². The maximum atomic E-state index is 2.77. The number of benzene rings is 2. The molecule has 1 aliphatic carbocycles. The van der Waals surface area contributed by atoms with Crippen molar-refractivity contribution in [2.24, 2.45) is 0 Å². The lowest BCUT2D eigenvalue weighted by molar-refractivity contribution is 0.130. The third-order valence-corrected chi connectivity index (χ3v) is 6.06. The van der Waals surface area contributed by atoms with E-state index in [1.165, 1.54) is 45.2 Å². The van der Waals surface area contributed by atoms with Gasteiger partial charge >= 0.3 is 0 Å². The van der Waals surface area contributed by atoms with Crippen LogP contribution in [0.3, 0.4) is 0 Å². The molecule has 1 fully saturated rings. The molecule has 2 atom stereocenters. The third kappa shape index (κ3) is 2.33. The predicted octanol–water partition coefficient (Wildman–Crippen LogP) is 4.88. The van der Waals surface area contributed by atoms with Gasteiger partial charge in [0, 0.05) is 18.5 Å². The lowest BCUT2D eigenvalue weighted by Crippen LogP contribution is -2.41. The van der Waals surface area contributed by atoms with Crippen molar-refractivity contribution in [1.29, 1.82) is 0 Å². The molecule has 2 aromatic carbocycles. The van der Waals surface area contributed by atoms with Gasteiger partial charge in [0.15, 0.2) is 0 Å². The highest BCUT2D eigenvalue weighted by Crippen LogP contribution is 2.46. The zero-order valence-corrected chi connectivity index (χ0v) is 14.3. The average Bonchev–Trinajstić information content (AvgIpc) is 2.74. The van der Waals surface area contributed by atoms with E-state index in [0.29, 0.717) is 12.0 Å². The SMILES string of the molecule is Cl.c1ccc2c(c1)CCc1cccc3c1[C@H]2CN1CCCC[C@@H]31. The van der Waals surface area contributed by atoms with Gasteiger partial charge in [-0.15, -0.1) is 12.4 Å². The minimum absolute atomic E-state index is 0. The highest BCUT2D eigenvalue weighted by atomic mass is 35.5. The summed E-state index contributed by atoms with van der Waals surface area (Å²) in [6, 6.07) is 17.0. The molecule has 0 amide bonds. The topological polar surface area (TPSA) is 3.24 Å². The second-order valence-corrected chi connectivity index (χ2v) is 7.18. The molecule has 0 spiro atoms. The lowest BCUT2D eigenvalue weighted by Gasteiger charge is -2.44. The lowest BCUT2D eigenvalue weighted by atomic mass is 9.77. The second-order valence-electron chi connectivity index (χ2n) is 7.18. The first-order valence-electron chi connectivity index (χ1n) is 8.85. The first-order chi connectivity index (χ1) is 10.9. The zero-order valence-electron chi connectivity index (χ0n) is 13.5. The molecule has 3 aliphatic rings. The Hall–Kier alpha value is -1.31. The summed E-state index contributed by atoms with van der Waals surface area (Å²) in [7, 11) is 0. The van der Waals surface area contributed by atoms with Crippen LogP contribution in [0.25, 0.3) is 0 Å². The number of halogens is 1. The molecule has 2 aromatic rings. The van der Waals surface area contributed by atoms with Crippen LogP contribution >= 0.6 is 12.4 Å². The third-order valence-electron chi connectivity index (χ3n) is 6.06. The smallest absolute Gasteiger partial charge is 0.0351 e. The molecule has 0 radical (unpaired) electrons. The Labute approximate surface area is 145 Å². The van der Waals surface area contributed by atoms with Crippen LogP contribution < -0.4 is 0 Å². The van der Waals surface area contributed by atoms with Crippen LogP contribution in [0.4, 0.5) is 0 Å². The summed E-state index contributed by atoms with van der Waals surface area (Å²) in [5.41, 5.74) is 8.12. The van der Waals surface area contributed by atoms with Gasteiger partial charge in [-0.1, -0.05) is 48.9 Å². The largest absolute Gasteiger partial charge is 0.295 e. The van der Waals surface area contributed by atoms with Crippen LogP contribution in [0.5, 0.6) is 0 Å². The van der Waals surface area contributed by atoms with E-state index in [1.807, 2.05) is 0 Å². The molecule has 1 saturated heterocycles. The van der Waals surface area contributed by atoms with Gasteiger partial charge in [-0.25, -0.2) is 0 Å². The Morgan fingerprint density at radius 2 is 1.61 bits per heavy atom. The predicted molar refractivity (Wildman–Crippen MR) is 97.5 cm³/mol. The molecule has 0 unspecified atom stereocenters. The van der Waals surface area contributed by atoms with Gasteiger partial charge < -0.3 is 0 Å². The van der Waals surface area contributed by atoms with E-state index in [0.717, 1.165) is 0 Å². The summed E-state index contributed by atoms with van der Waals surface area (Å²) in [4.78, 5) is 2.77. The summed E-state index contributed by atoms with van der Waals surface area (Å²) < 4.78 is 0. The van der Waals surface area contributed by atoms with Crippen molar-refractivity contribution < 1.29 is 0 Å². The second kappa shape index (κ2) is 5.96. The van der Waals surface area contributed by atoms with Gasteiger partial charge in [-0.05, 0) is 60.0 Å². The molecule has 2 heterocycles. The number of hydrogen-bond acceptors (Lipinski definition) is 1. The van der Waals surface area contributed by atoms with Crippen molar-refractivity contribution in [1.82, 2.24) is 4.90 Å². The summed E-state index contributed by atoms with van der Waals surface area (Å²) >= 11 is 0. The molecule has 1 nitrogen and oxygen atoms in total. The van der Waals surface area contributed by atoms with Crippen molar-refractivity contribution >= 4 is 12.4 Å². The van der Waals surface area contributed by atoms with Gasteiger partial charge in [-0.2, -0.15) is 0 Å². The Balaban J connectivity index is 0.00000135. The fourth-order valence-electron chi connectivity index (χ4n) is 5.08. The van der Waals surface area contributed by atoms with Crippen LogP contribution in [0, 0.1) is 0 Å². The number of piperidine rings is 1. The van der Waals surface area contributed by atoms with E-state index < -0.39 is 0 Å². The number of hydrogen-bond donors (Lipinski definition) is 0. The van der Waals surface area contributed by atoms with Crippen molar-refractivity contribution in [3.63, 3.8) is 0 Å². The minimum atomic E-state index is 0. The highest BCUT2D eigenvalue weighted by molar-refractivity contribution is 5.85. The van der Waals surface area contributed by atoms with Crippen molar-refractivity contribution in [3.8, 4) is 0 Å². The fourth-order valence-corrected chi connectivity index (χ4v) is 5.08. The molecule has 5 rings (SSSR count). The molecule has 2 aliphatic heterocycles. The molecular formula is C21H24ClN. The van der Waals surface area contributed by atoms with Crippen molar-refractivity contribution in [2.45, 2.75) is 44.1 Å². The van der Waals surface area contributed by atoms with Crippen LogP contribution in [0.15, 0.2) is 42.5 Å². The molecule has 120 valence electrons. The van der Waals surface area contributed by atoms with Crippen molar-refractivity contribution in [3.05, 3.63) is 70.3 Å². The van der Waals surface area contributed by atoms with E-state index >= 15 is 0 Å². The van der Waals surface area contributed by atoms with Crippen LogP contribution in [-0.4, -0.2) is 18.0 Å². The molecule has 2 heteroatoms. The van der Waals surface area contributed by atoms with E-state index in [-0.39, 0.29) is 12.4 Å². The first-order valence-corrected chi connectivity index (χ1v) is 8.85. The van der Waals surface area contributed by atoms with Crippen LogP contribution in [0.1, 0.15) is 59.0 Å². The standard InChI is InChI=1S/C21H23N.ClH/c1-2-8-17-15(6-1)11-12-16-7-5-9-18-20-10-3-4-13-22(20)14-19(17)21(16)18;/h1-2,5-9,19-20H,3-4,10-14H2;1H/t19-,20-;/m0./s1. The molecule has 23 heavy (non-hydrogen) atoms. The number of rotatable bonds is 0.